The lowest BCUT2D eigenvalue weighted by Crippen LogP contribution is -2.22. The van der Waals surface area contributed by atoms with Crippen LogP contribution in [0.3, 0.4) is 0 Å². The maximum absolute atomic E-state index is 5.72. The minimum absolute atomic E-state index is 0.244. The van der Waals surface area contributed by atoms with Gasteiger partial charge in [0.1, 0.15) is 0 Å². The van der Waals surface area contributed by atoms with Crippen LogP contribution in [-0.4, -0.2) is 19.3 Å². The summed E-state index contributed by atoms with van der Waals surface area (Å²) >= 11 is 0. The van der Waals surface area contributed by atoms with Crippen molar-refractivity contribution < 1.29 is 4.74 Å². The molecule has 0 heterocycles. The summed E-state index contributed by atoms with van der Waals surface area (Å²) in [5.74, 6) is 0.550. The second kappa shape index (κ2) is 8.01. The summed E-state index contributed by atoms with van der Waals surface area (Å²) < 4.78 is 5.42. The highest BCUT2D eigenvalue weighted by atomic mass is 16.5. The molecule has 2 unspecified atom stereocenters. The van der Waals surface area contributed by atoms with Gasteiger partial charge in [0.2, 0.25) is 0 Å². The Labute approximate surface area is 88.5 Å². The van der Waals surface area contributed by atoms with Gasteiger partial charge in [0.15, 0.2) is 0 Å². The van der Waals surface area contributed by atoms with Gasteiger partial charge >= 0.3 is 0 Å². The van der Waals surface area contributed by atoms with Crippen molar-refractivity contribution in [1.29, 1.82) is 0 Å². The van der Waals surface area contributed by atoms with Gasteiger partial charge in [-0.1, -0.05) is 26.0 Å². The number of hydrogen-bond acceptors (Lipinski definition) is 2. The van der Waals surface area contributed by atoms with E-state index < -0.39 is 0 Å². The van der Waals surface area contributed by atoms with Crippen molar-refractivity contribution in [3.8, 4) is 0 Å². The minimum atomic E-state index is 0.244. The Bertz CT molecular complexity index is 154. The van der Waals surface area contributed by atoms with E-state index in [9.17, 15) is 0 Å². The maximum atomic E-state index is 5.72. The molecule has 0 spiro atoms. The Morgan fingerprint density at radius 2 is 1.93 bits per heavy atom. The van der Waals surface area contributed by atoms with E-state index in [0.29, 0.717) is 12.0 Å². The Kier molecular flexibility index (Phi) is 7.81. The zero-order valence-electron chi connectivity index (χ0n) is 9.99. The second-order valence-corrected chi connectivity index (χ2v) is 4.07. The minimum Gasteiger partial charge on any atom is -0.377 e. The molecule has 0 saturated heterocycles. The van der Waals surface area contributed by atoms with Crippen molar-refractivity contribution in [2.24, 2.45) is 11.7 Å². The Hall–Kier alpha value is -0.340. The molecule has 0 aliphatic carbocycles. The van der Waals surface area contributed by atoms with E-state index in [0.717, 1.165) is 19.3 Å². The third kappa shape index (κ3) is 6.17. The maximum Gasteiger partial charge on any atom is 0.0777 e. The summed E-state index contributed by atoms with van der Waals surface area (Å²) in [6.07, 6.45) is 7.83. The van der Waals surface area contributed by atoms with Gasteiger partial charge in [-0.25, -0.2) is 0 Å². The number of methoxy groups -OCH3 is 1. The summed E-state index contributed by atoms with van der Waals surface area (Å²) in [4.78, 5) is 0. The zero-order chi connectivity index (χ0) is 11.0. The molecule has 2 nitrogen and oxygen atoms in total. The average molecular weight is 199 g/mol. The summed E-state index contributed by atoms with van der Waals surface area (Å²) in [5, 5.41) is 0. The lowest BCUT2D eigenvalue weighted by molar-refractivity contribution is 0.0912. The molecule has 14 heavy (non-hydrogen) atoms. The Morgan fingerprint density at radius 3 is 2.36 bits per heavy atom. The van der Waals surface area contributed by atoms with Crippen LogP contribution >= 0.6 is 0 Å². The monoisotopic (exact) mass is 199 g/mol. The van der Waals surface area contributed by atoms with Gasteiger partial charge in [0.25, 0.3) is 0 Å². The number of allylic oxidation sites excluding steroid dienone is 1. The summed E-state index contributed by atoms with van der Waals surface area (Å²) in [5.41, 5.74) is 5.72. The van der Waals surface area contributed by atoms with E-state index in [4.69, 9.17) is 10.5 Å². The summed E-state index contributed by atoms with van der Waals surface area (Å²) in [7, 11) is 1.77. The van der Waals surface area contributed by atoms with Crippen molar-refractivity contribution in [3.05, 3.63) is 12.2 Å². The molecule has 3 atom stereocenters. The third-order valence-corrected chi connectivity index (χ3v) is 2.47. The van der Waals surface area contributed by atoms with Crippen LogP contribution < -0.4 is 5.73 Å². The number of hydrogen-bond donors (Lipinski definition) is 1. The highest BCUT2D eigenvalue weighted by Gasteiger charge is 2.13. The highest BCUT2D eigenvalue weighted by molar-refractivity contribution is 4.91. The molecule has 0 aromatic rings. The van der Waals surface area contributed by atoms with Gasteiger partial charge in [0.05, 0.1) is 6.10 Å². The van der Waals surface area contributed by atoms with E-state index in [1.807, 2.05) is 0 Å². The highest BCUT2D eigenvalue weighted by Crippen LogP contribution is 2.15. The van der Waals surface area contributed by atoms with Crippen molar-refractivity contribution in [3.63, 3.8) is 0 Å². The van der Waals surface area contributed by atoms with Gasteiger partial charge in [-0.2, -0.15) is 0 Å². The lowest BCUT2D eigenvalue weighted by Gasteiger charge is -2.20. The van der Waals surface area contributed by atoms with E-state index in [-0.39, 0.29) is 6.10 Å². The molecule has 0 amide bonds. The van der Waals surface area contributed by atoms with Gasteiger partial charge in [-0.15, -0.1) is 0 Å². The molecule has 2 N–H and O–H groups in total. The van der Waals surface area contributed by atoms with Crippen molar-refractivity contribution in [2.75, 3.05) is 7.11 Å². The molecule has 0 saturated carbocycles. The average Bonchev–Trinajstić information content (AvgIpc) is 2.16. The number of ether oxygens (including phenoxy) is 1. The first-order valence-electron chi connectivity index (χ1n) is 5.56. The summed E-state index contributed by atoms with van der Waals surface area (Å²) in [6.45, 7) is 6.41. The van der Waals surface area contributed by atoms with E-state index in [2.05, 4.69) is 32.9 Å². The van der Waals surface area contributed by atoms with E-state index in [1.54, 1.807) is 7.11 Å². The number of rotatable bonds is 7. The van der Waals surface area contributed by atoms with Crippen LogP contribution in [0.25, 0.3) is 0 Å². The Balaban J connectivity index is 3.90. The van der Waals surface area contributed by atoms with Crippen LogP contribution in [0.2, 0.25) is 0 Å². The first-order chi connectivity index (χ1) is 6.61. The molecule has 0 aliphatic rings. The molecule has 0 bridgehead atoms. The fraction of sp³-hybridized carbons (Fsp3) is 0.833. The Morgan fingerprint density at radius 1 is 1.29 bits per heavy atom. The molecule has 84 valence electrons. The quantitative estimate of drug-likeness (QED) is 0.640. The molecule has 0 fully saturated rings. The van der Waals surface area contributed by atoms with E-state index in [1.165, 1.54) is 0 Å². The molecule has 0 aromatic heterocycles. The fourth-order valence-electron chi connectivity index (χ4n) is 1.46. The first-order valence-corrected chi connectivity index (χ1v) is 5.56. The topological polar surface area (TPSA) is 35.2 Å². The van der Waals surface area contributed by atoms with Crippen LogP contribution in [-0.2, 0) is 4.74 Å². The molecule has 0 radical (unpaired) electrons. The van der Waals surface area contributed by atoms with Crippen molar-refractivity contribution >= 4 is 0 Å². The van der Waals surface area contributed by atoms with Crippen LogP contribution in [0, 0.1) is 5.92 Å². The molecule has 0 rings (SSSR count). The predicted molar refractivity (Wildman–Crippen MR) is 62.3 cm³/mol. The molecule has 0 aliphatic heterocycles. The van der Waals surface area contributed by atoms with Crippen molar-refractivity contribution in [2.45, 2.75) is 52.2 Å². The van der Waals surface area contributed by atoms with Gasteiger partial charge in [-0.05, 0) is 32.1 Å². The van der Waals surface area contributed by atoms with Gasteiger partial charge < -0.3 is 10.5 Å². The van der Waals surface area contributed by atoms with Crippen LogP contribution in [0.5, 0.6) is 0 Å². The zero-order valence-corrected chi connectivity index (χ0v) is 9.99. The largest absolute Gasteiger partial charge is 0.377 e. The van der Waals surface area contributed by atoms with Crippen molar-refractivity contribution in [1.82, 2.24) is 0 Å². The first kappa shape index (κ1) is 13.7. The molecule has 2 heteroatoms. The van der Waals surface area contributed by atoms with Crippen LogP contribution in [0.1, 0.15) is 40.0 Å². The van der Waals surface area contributed by atoms with Crippen LogP contribution in [0.4, 0.5) is 0 Å². The van der Waals surface area contributed by atoms with Gasteiger partial charge in [0, 0.05) is 13.2 Å². The molecular formula is C12H25NO. The fourth-order valence-corrected chi connectivity index (χ4v) is 1.46. The second-order valence-electron chi connectivity index (χ2n) is 4.07. The lowest BCUT2D eigenvalue weighted by atomic mass is 9.96. The van der Waals surface area contributed by atoms with Crippen LogP contribution in [0.15, 0.2) is 12.2 Å². The molecule has 0 aromatic carbocycles. The van der Waals surface area contributed by atoms with Gasteiger partial charge in [-0.3, -0.25) is 0 Å². The standard InChI is InChI=1S/C12H25NO/c1-5-6-7-12(14-4)10(2)8-9-11(3)13/h6-7,10-12H,5,8-9,13H2,1-4H3/t10?,11-,12?/m1/s1. The molecular weight excluding hydrogens is 174 g/mol. The smallest absolute Gasteiger partial charge is 0.0777 e. The predicted octanol–water partition coefficient (Wildman–Crippen LogP) is 2.73. The SMILES string of the molecule is CCC=CC(OC)C(C)CC[C@@H](C)N. The number of nitrogens with two attached hydrogens (primary N) is 1. The third-order valence-electron chi connectivity index (χ3n) is 2.47. The normalized spacial score (nSPS) is 18.4. The van der Waals surface area contributed by atoms with E-state index >= 15 is 0 Å². The summed E-state index contributed by atoms with van der Waals surface area (Å²) in [6, 6.07) is 0.296.